The largest absolute Gasteiger partial charge is 0.288 e. The lowest BCUT2D eigenvalue weighted by Gasteiger charge is -2.29. The zero-order valence-electron chi connectivity index (χ0n) is 18.9. The van der Waals surface area contributed by atoms with Crippen molar-refractivity contribution < 1.29 is 9.72 Å². The lowest BCUT2D eigenvalue weighted by atomic mass is 9.77. The summed E-state index contributed by atoms with van der Waals surface area (Å²) in [5.74, 6) is -0.452. The molecular weight excluding hydrogens is 521 g/mol. The lowest BCUT2D eigenvalue weighted by molar-refractivity contribution is -0.384. The van der Waals surface area contributed by atoms with E-state index in [1.54, 1.807) is 12.1 Å². The highest BCUT2D eigenvalue weighted by Gasteiger charge is 2.44. The molecule has 0 bridgehead atoms. The van der Waals surface area contributed by atoms with Crippen molar-refractivity contribution in [2.75, 3.05) is 0 Å². The van der Waals surface area contributed by atoms with Gasteiger partial charge in [0.2, 0.25) is 0 Å². The van der Waals surface area contributed by atoms with Crippen molar-refractivity contribution in [3.63, 3.8) is 0 Å². The summed E-state index contributed by atoms with van der Waals surface area (Å²) in [6, 6.07) is 18.6. The second-order valence-electron chi connectivity index (χ2n) is 8.77. The number of allylic oxidation sites excluding steroid dienone is 1. The predicted molar refractivity (Wildman–Crippen MR) is 143 cm³/mol. The summed E-state index contributed by atoms with van der Waals surface area (Å²) in [5, 5.41) is 18.9. The van der Waals surface area contributed by atoms with Crippen LogP contribution in [0.5, 0.6) is 0 Å². The van der Waals surface area contributed by atoms with Crippen LogP contribution in [-0.4, -0.2) is 21.6 Å². The number of rotatable bonds is 4. The van der Waals surface area contributed by atoms with Gasteiger partial charge < -0.3 is 0 Å². The van der Waals surface area contributed by atoms with Gasteiger partial charge in [0.15, 0.2) is 0 Å². The number of nitro groups is 1. The third-order valence-electron chi connectivity index (χ3n) is 6.52. The molecule has 182 valence electrons. The minimum absolute atomic E-state index is 0.0234. The second kappa shape index (κ2) is 10.1. The third-order valence-corrected chi connectivity index (χ3v) is 7.35. The molecule has 2 atom stereocenters. The Labute approximate surface area is 222 Å². The van der Waals surface area contributed by atoms with Crippen LogP contribution in [-0.2, 0) is 0 Å². The average molecular weight is 541 g/mol. The molecule has 1 fully saturated rings. The number of fused-ring (bicyclic) bond motifs is 1. The van der Waals surface area contributed by atoms with Crippen molar-refractivity contribution in [2.45, 2.75) is 25.3 Å². The molecule has 1 saturated carbocycles. The van der Waals surface area contributed by atoms with E-state index in [0.29, 0.717) is 10.0 Å². The molecule has 36 heavy (non-hydrogen) atoms. The zero-order valence-corrected chi connectivity index (χ0v) is 21.2. The number of halogens is 3. The Morgan fingerprint density at radius 1 is 1.00 bits per heavy atom. The highest BCUT2D eigenvalue weighted by molar-refractivity contribution is 6.32. The summed E-state index contributed by atoms with van der Waals surface area (Å²) >= 11 is 18.2. The first-order valence-electron chi connectivity index (χ1n) is 11.4. The number of hydrogen-bond donors (Lipinski definition) is 0. The summed E-state index contributed by atoms with van der Waals surface area (Å²) in [4.78, 5) is 24.5. The van der Waals surface area contributed by atoms with Crippen molar-refractivity contribution in [3.8, 4) is 0 Å². The predicted octanol–water partition coefficient (Wildman–Crippen LogP) is 7.99. The first-order chi connectivity index (χ1) is 17.3. The van der Waals surface area contributed by atoms with Crippen molar-refractivity contribution in [2.24, 2.45) is 11.0 Å². The Morgan fingerprint density at radius 2 is 1.67 bits per heavy atom. The molecule has 1 amide bonds. The van der Waals surface area contributed by atoms with Gasteiger partial charge in [0, 0.05) is 27.6 Å². The van der Waals surface area contributed by atoms with E-state index in [-0.39, 0.29) is 28.2 Å². The van der Waals surface area contributed by atoms with Crippen LogP contribution in [0.15, 0.2) is 77.4 Å². The number of benzene rings is 3. The zero-order chi connectivity index (χ0) is 25.4. The van der Waals surface area contributed by atoms with E-state index in [2.05, 4.69) is 6.08 Å². The van der Waals surface area contributed by atoms with E-state index in [4.69, 9.17) is 39.9 Å². The van der Waals surface area contributed by atoms with Crippen LogP contribution in [0.4, 0.5) is 5.69 Å². The highest BCUT2D eigenvalue weighted by Crippen LogP contribution is 2.45. The van der Waals surface area contributed by atoms with Crippen LogP contribution < -0.4 is 0 Å². The smallest absolute Gasteiger partial charge is 0.267 e. The molecule has 0 unspecified atom stereocenters. The van der Waals surface area contributed by atoms with E-state index < -0.39 is 10.8 Å². The van der Waals surface area contributed by atoms with E-state index in [9.17, 15) is 14.9 Å². The Morgan fingerprint density at radius 3 is 2.33 bits per heavy atom. The molecule has 1 heterocycles. The topological polar surface area (TPSA) is 75.8 Å². The normalized spacial score (nSPS) is 20.2. The highest BCUT2D eigenvalue weighted by atomic mass is 35.5. The number of amides is 1. The maximum atomic E-state index is 13.7. The molecule has 3 aromatic carbocycles. The summed E-state index contributed by atoms with van der Waals surface area (Å²) in [6.45, 7) is 0. The number of carbonyl (C=O) groups excluding carboxylic acids is 1. The maximum absolute atomic E-state index is 13.7. The molecule has 0 aromatic heterocycles. The van der Waals surface area contributed by atoms with Gasteiger partial charge in [-0.2, -0.15) is 5.10 Å². The Balaban J connectivity index is 1.59. The first-order valence-corrected chi connectivity index (χ1v) is 12.5. The summed E-state index contributed by atoms with van der Waals surface area (Å²) in [6.07, 6.45) is 4.72. The number of carbonyl (C=O) groups is 1. The molecule has 0 radical (unpaired) electrons. The minimum Gasteiger partial charge on any atom is -0.267 e. The summed E-state index contributed by atoms with van der Waals surface area (Å²) in [7, 11) is 0. The Hall–Kier alpha value is -3.19. The lowest BCUT2D eigenvalue weighted by Crippen LogP contribution is -2.32. The van der Waals surface area contributed by atoms with Crippen LogP contribution in [0.1, 0.15) is 46.8 Å². The fourth-order valence-corrected chi connectivity index (χ4v) is 5.28. The summed E-state index contributed by atoms with van der Waals surface area (Å²) < 4.78 is 0. The van der Waals surface area contributed by atoms with Gasteiger partial charge in [0.1, 0.15) is 5.02 Å². The Bertz CT molecular complexity index is 1400. The number of hydrazone groups is 1. The molecule has 3 aromatic rings. The molecule has 5 rings (SSSR count). The number of nitro benzene ring substituents is 1. The van der Waals surface area contributed by atoms with Crippen molar-refractivity contribution in [1.29, 1.82) is 0 Å². The second-order valence-corrected chi connectivity index (χ2v) is 10.1. The fourth-order valence-electron chi connectivity index (χ4n) is 4.84. The molecule has 1 aliphatic heterocycles. The van der Waals surface area contributed by atoms with Crippen LogP contribution in [0.2, 0.25) is 15.1 Å². The van der Waals surface area contributed by atoms with E-state index in [0.717, 1.165) is 41.7 Å². The van der Waals surface area contributed by atoms with Gasteiger partial charge in [-0.25, -0.2) is 5.01 Å². The van der Waals surface area contributed by atoms with Gasteiger partial charge in [-0.3, -0.25) is 14.9 Å². The number of nitrogens with zero attached hydrogens (tertiary/aromatic N) is 3. The maximum Gasteiger partial charge on any atom is 0.288 e. The molecule has 0 spiro atoms. The van der Waals surface area contributed by atoms with Gasteiger partial charge in [-0.05, 0) is 78.4 Å². The minimum atomic E-state index is -0.599. The summed E-state index contributed by atoms with van der Waals surface area (Å²) in [5.41, 5.74) is 3.64. The number of hydrogen-bond acceptors (Lipinski definition) is 4. The van der Waals surface area contributed by atoms with Gasteiger partial charge >= 0.3 is 0 Å². The quantitative estimate of drug-likeness (QED) is 0.248. The van der Waals surface area contributed by atoms with Crippen molar-refractivity contribution in [1.82, 2.24) is 5.01 Å². The monoisotopic (exact) mass is 539 g/mol. The van der Waals surface area contributed by atoms with Crippen LogP contribution in [0.3, 0.4) is 0 Å². The van der Waals surface area contributed by atoms with E-state index in [1.165, 1.54) is 23.2 Å². The third kappa shape index (κ3) is 4.76. The SMILES string of the molecule is O=C(c1ccc(Cl)c([N+](=O)[O-])c1)N1N=C2/C(=C\c3ccc(Cl)cc3)CCC[C@H]2[C@H]1c1ccc(Cl)cc1. The van der Waals surface area contributed by atoms with E-state index >= 15 is 0 Å². The fraction of sp³-hybridized carbons (Fsp3) is 0.185. The molecular formula is C27H20Cl3N3O3. The molecule has 0 saturated heterocycles. The van der Waals surface area contributed by atoms with Crippen LogP contribution in [0.25, 0.3) is 6.08 Å². The van der Waals surface area contributed by atoms with Gasteiger partial charge in [0.25, 0.3) is 11.6 Å². The first kappa shape index (κ1) is 24.5. The van der Waals surface area contributed by atoms with Crippen LogP contribution >= 0.6 is 34.8 Å². The van der Waals surface area contributed by atoms with E-state index in [1.807, 2.05) is 36.4 Å². The molecule has 2 aliphatic rings. The average Bonchev–Trinajstić information content (AvgIpc) is 3.26. The van der Waals surface area contributed by atoms with Crippen LogP contribution in [0, 0.1) is 16.0 Å². The molecule has 9 heteroatoms. The van der Waals surface area contributed by atoms with Crippen molar-refractivity contribution >= 4 is 58.2 Å². The van der Waals surface area contributed by atoms with Crippen molar-refractivity contribution in [3.05, 3.63) is 114 Å². The standard InChI is InChI=1S/C27H20Cl3N3O3/c28-20-9-4-16(5-10-20)14-18-2-1-3-22-25(18)31-32(26(22)17-6-11-21(29)12-7-17)27(34)19-8-13-23(30)24(15-19)33(35)36/h4-15,22,26H,1-3H2/b18-14-/t22-,26-/m1/s1. The van der Waals surface area contributed by atoms with Gasteiger partial charge in [0.05, 0.1) is 16.7 Å². The molecule has 1 aliphatic carbocycles. The molecule has 6 nitrogen and oxygen atoms in total. The van der Waals surface area contributed by atoms with Gasteiger partial charge in [-0.1, -0.05) is 59.1 Å². The van der Waals surface area contributed by atoms with Gasteiger partial charge in [-0.15, -0.1) is 0 Å². The molecule has 0 N–H and O–H groups in total. The Kier molecular flexibility index (Phi) is 6.84.